The van der Waals surface area contributed by atoms with Crippen molar-refractivity contribution in [3.8, 4) is 0 Å². The van der Waals surface area contributed by atoms with E-state index in [9.17, 15) is 9.18 Å². The fraction of sp³-hybridized carbons (Fsp3) is 0.400. The zero-order chi connectivity index (χ0) is 10.8. The molecule has 0 N–H and O–H groups in total. The van der Waals surface area contributed by atoms with Crippen LogP contribution in [0.2, 0.25) is 0 Å². The van der Waals surface area contributed by atoms with E-state index in [4.69, 9.17) is 11.6 Å². The number of hydrogen-bond acceptors (Lipinski definition) is 3. The number of hydrogen-bond donors (Lipinski definition) is 0. The standard InChI is InChI=1S/C10H10ClFN2O/c11-10(15)7-1-2-9(13-5-7)14-4-3-8(12)6-14/h1-2,5,8H,3-4,6H2/t8-/m1/s1. The highest BCUT2D eigenvalue weighted by molar-refractivity contribution is 6.67. The van der Waals surface area contributed by atoms with Crippen LogP contribution < -0.4 is 4.90 Å². The van der Waals surface area contributed by atoms with Crippen molar-refractivity contribution >= 4 is 22.7 Å². The van der Waals surface area contributed by atoms with Crippen LogP contribution in [0.1, 0.15) is 16.8 Å². The van der Waals surface area contributed by atoms with E-state index in [-0.39, 0.29) is 0 Å². The molecule has 0 bridgehead atoms. The largest absolute Gasteiger partial charge is 0.354 e. The Bertz CT molecular complexity index is 368. The fourth-order valence-corrected chi connectivity index (χ4v) is 1.73. The van der Waals surface area contributed by atoms with Gasteiger partial charge in [0.15, 0.2) is 0 Å². The molecule has 15 heavy (non-hydrogen) atoms. The van der Waals surface area contributed by atoms with E-state index >= 15 is 0 Å². The highest BCUT2D eigenvalue weighted by Gasteiger charge is 2.22. The average Bonchev–Trinajstić information content (AvgIpc) is 2.65. The molecule has 0 unspecified atom stereocenters. The quantitative estimate of drug-likeness (QED) is 0.726. The molecule has 1 aromatic heterocycles. The van der Waals surface area contributed by atoms with Crippen molar-refractivity contribution in [3.63, 3.8) is 0 Å². The van der Waals surface area contributed by atoms with E-state index in [1.807, 2.05) is 4.90 Å². The molecule has 0 aliphatic carbocycles. The van der Waals surface area contributed by atoms with Crippen LogP contribution >= 0.6 is 11.6 Å². The maximum atomic E-state index is 12.9. The molecular formula is C10H10ClFN2O. The summed E-state index contributed by atoms with van der Waals surface area (Å²) in [5.41, 5.74) is 0.358. The molecule has 2 rings (SSSR count). The van der Waals surface area contributed by atoms with Crippen LogP contribution in [-0.4, -0.2) is 29.5 Å². The van der Waals surface area contributed by atoms with Gasteiger partial charge in [0, 0.05) is 12.7 Å². The lowest BCUT2D eigenvalue weighted by atomic mass is 10.3. The van der Waals surface area contributed by atoms with Gasteiger partial charge in [-0.05, 0) is 30.2 Å². The molecule has 0 radical (unpaired) electrons. The first kappa shape index (κ1) is 10.4. The van der Waals surface area contributed by atoms with E-state index in [1.54, 1.807) is 12.1 Å². The normalized spacial score (nSPS) is 20.7. The van der Waals surface area contributed by atoms with Crippen LogP contribution in [0.5, 0.6) is 0 Å². The Hall–Kier alpha value is -1.16. The van der Waals surface area contributed by atoms with Crippen molar-refractivity contribution in [1.82, 2.24) is 4.98 Å². The SMILES string of the molecule is O=C(Cl)c1ccc(N2CC[C@@H](F)C2)nc1. The van der Waals surface area contributed by atoms with Crippen LogP contribution in [-0.2, 0) is 0 Å². The number of nitrogens with zero attached hydrogens (tertiary/aromatic N) is 2. The molecule has 5 heteroatoms. The van der Waals surface area contributed by atoms with Crippen molar-refractivity contribution in [3.05, 3.63) is 23.9 Å². The third kappa shape index (κ3) is 2.26. The fourth-order valence-electron chi connectivity index (χ4n) is 1.62. The summed E-state index contributed by atoms with van der Waals surface area (Å²) in [5, 5.41) is -0.529. The molecule has 1 atom stereocenters. The minimum atomic E-state index is -0.777. The smallest absolute Gasteiger partial charge is 0.253 e. The molecule has 0 amide bonds. The number of pyridine rings is 1. The van der Waals surface area contributed by atoms with Gasteiger partial charge in [-0.1, -0.05) is 0 Å². The van der Waals surface area contributed by atoms with Gasteiger partial charge in [-0.25, -0.2) is 9.37 Å². The number of carbonyl (C=O) groups excluding carboxylic acids is 1. The van der Waals surface area contributed by atoms with Gasteiger partial charge in [0.1, 0.15) is 12.0 Å². The van der Waals surface area contributed by atoms with Gasteiger partial charge in [0.25, 0.3) is 5.24 Å². The number of anilines is 1. The number of halogens is 2. The first-order valence-corrected chi connectivity index (χ1v) is 5.09. The zero-order valence-electron chi connectivity index (χ0n) is 7.99. The number of aromatic nitrogens is 1. The lowest BCUT2D eigenvalue weighted by Gasteiger charge is -2.15. The van der Waals surface area contributed by atoms with Crippen molar-refractivity contribution in [2.75, 3.05) is 18.0 Å². The lowest BCUT2D eigenvalue weighted by molar-refractivity contribution is 0.108. The molecule has 1 aromatic rings. The van der Waals surface area contributed by atoms with Crippen molar-refractivity contribution in [1.29, 1.82) is 0 Å². The molecular weight excluding hydrogens is 219 g/mol. The van der Waals surface area contributed by atoms with Gasteiger partial charge in [0.2, 0.25) is 0 Å². The van der Waals surface area contributed by atoms with E-state index in [2.05, 4.69) is 4.98 Å². The molecule has 3 nitrogen and oxygen atoms in total. The summed E-state index contributed by atoms with van der Waals surface area (Å²) in [6, 6.07) is 3.29. The predicted molar refractivity (Wildman–Crippen MR) is 56.1 cm³/mol. The van der Waals surface area contributed by atoms with Crippen molar-refractivity contribution in [2.24, 2.45) is 0 Å². The van der Waals surface area contributed by atoms with E-state index in [0.717, 1.165) is 0 Å². The van der Waals surface area contributed by atoms with Crippen LogP contribution in [0.15, 0.2) is 18.3 Å². The second kappa shape index (κ2) is 4.14. The molecule has 1 aliphatic heterocycles. The Labute approximate surface area is 91.9 Å². The van der Waals surface area contributed by atoms with Crippen LogP contribution in [0.4, 0.5) is 10.2 Å². The van der Waals surface area contributed by atoms with E-state index < -0.39 is 11.4 Å². The molecule has 1 saturated heterocycles. The summed E-state index contributed by atoms with van der Waals surface area (Å²) in [4.78, 5) is 16.7. The Kier molecular flexibility index (Phi) is 2.86. The van der Waals surface area contributed by atoms with E-state index in [1.165, 1.54) is 6.20 Å². The van der Waals surface area contributed by atoms with Crippen LogP contribution in [0.25, 0.3) is 0 Å². The maximum absolute atomic E-state index is 12.9. The summed E-state index contributed by atoms with van der Waals surface area (Å²) in [6.45, 7) is 1.05. The Balaban J connectivity index is 2.13. The van der Waals surface area contributed by atoms with Gasteiger partial charge in [-0.3, -0.25) is 4.79 Å². The summed E-state index contributed by atoms with van der Waals surface area (Å²) in [7, 11) is 0. The number of alkyl halides is 1. The molecule has 0 saturated carbocycles. The van der Waals surface area contributed by atoms with Gasteiger partial charge in [-0.15, -0.1) is 0 Å². The minimum Gasteiger partial charge on any atom is -0.354 e. The predicted octanol–water partition coefficient (Wildman–Crippen LogP) is 2.01. The summed E-state index contributed by atoms with van der Waals surface area (Å²) >= 11 is 5.29. The Morgan fingerprint density at radius 2 is 2.40 bits per heavy atom. The third-order valence-electron chi connectivity index (χ3n) is 2.43. The molecule has 80 valence electrons. The molecule has 1 aliphatic rings. The second-order valence-corrected chi connectivity index (χ2v) is 3.85. The molecule has 0 spiro atoms. The van der Waals surface area contributed by atoms with Gasteiger partial charge >= 0.3 is 0 Å². The van der Waals surface area contributed by atoms with Crippen LogP contribution in [0, 0.1) is 0 Å². The first-order chi connectivity index (χ1) is 7.16. The zero-order valence-corrected chi connectivity index (χ0v) is 8.75. The molecule has 1 fully saturated rings. The van der Waals surface area contributed by atoms with Crippen molar-refractivity contribution < 1.29 is 9.18 Å². The Morgan fingerprint density at radius 3 is 2.87 bits per heavy atom. The average molecular weight is 229 g/mol. The number of carbonyl (C=O) groups is 1. The molecule has 2 heterocycles. The number of rotatable bonds is 2. The monoisotopic (exact) mass is 228 g/mol. The maximum Gasteiger partial charge on any atom is 0.253 e. The first-order valence-electron chi connectivity index (χ1n) is 4.72. The highest BCUT2D eigenvalue weighted by atomic mass is 35.5. The summed E-state index contributed by atoms with van der Waals surface area (Å²) < 4.78 is 12.9. The minimum absolute atomic E-state index is 0.358. The summed E-state index contributed by atoms with van der Waals surface area (Å²) in [5.74, 6) is 0.691. The highest BCUT2D eigenvalue weighted by Crippen LogP contribution is 2.20. The second-order valence-electron chi connectivity index (χ2n) is 3.51. The molecule has 0 aromatic carbocycles. The lowest BCUT2D eigenvalue weighted by Crippen LogP contribution is -2.21. The van der Waals surface area contributed by atoms with E-state index in [0.29, 0.717) is 30.9 Å². The third-order valence-corrected chi connectivity index (χ3v) is 2.65. The van der Waals surface area contributed by atoms with Gasteiger partial charge in [-0.2, -0.15) is 0 Å². The topological polar surface area (TPSA) is 33.2 Å². The van der Waals surface area contributed by atoms with Crippen LogP contribution in [0.3, 0.4) is 0 Å². The van der Waals surface area contributed by atoms with Gasteiger partial charge in [0.05, 0.1) is 12.1 Å². The Morgan fingerprint density at radius 1 is 1.60 bits per heavy atom. The van der Waals surface area contributed by atoms with Crippen molar-refractivity contribution in [2.45, 2.75) is 12.6 Å². The van der Waals surface area contributed by atoms with Gasteiger partial charge < -0.3 is 4.90 Å². The summed E-state index contributed by atoms with van der Waals surface area (Å²) in [6.07, 6.45) is 1.18.